The van der Waals surface area contributed by atoms with Crippen molar-refractivity contribution in [1.82, 2.24) is 9.29 Å². The van der Waals surface area contributed by atoms with Gasteiger partial charge >= 0.3 is 6.18 Å². The normalized spacial score (nSPS) is 18.6. The summed E-state index contributed by atoms with van der Waals surface area (Å²) < 4.78 is 95.8. The molecule has 0 amide bonds. The Kier molecular flexibility index (Phi) is 5.08. The molecule has 146 valence electrons. The van der Waals surface area contributed by atoms with Crippen molar-refractivity contribution in [1.29, 1.82) is 0 Å². The second kappa shape index (κ2) is 7.04. The second-order valence-electron chi connectivity index (χ2n) is 5.85. The summed E-state index contributed by atoms with van der Waals surface area (Å²) in [6.45, 7) is -0.135. The van der Waals surface area contributed by atoms with Crippen molar-refractivity contribution in [2.45, 2.75) is 23.6 Å². The maximum atomic E-state index is 13.3. The molecular formula is C16H13F5N2O3S. The van der Waals surface area contributed by atoms with E-state index in [1.54, 1.807) is 0 Å². The van der Waals surface area contributed by atoms with E-state index in [0.29, 0.717) is 12.1 Å². The van der Waals surface area contributed by atoms with Crippen molar-refractivity contribution in [3.05, 3.63) is 53.7 Å². The lowest BCUT2D eigenvalue weighted by atomic mass is 10.2. The number of pyridine rings is 1. The molecule has 5 nitrogen and oxygen atoms in total. The van der Waals surface area contributed by atoms with E-state index in [-0.39, 0.29) is 25.4 Å². The highest BCUT2D eigenvalue weighted by Crippen LogP contribution is 2.31. The molecule has 0 radical (unpaired) electrons. The van der Waals surface area contributed by atoms with Crippen LogP contribution < -0.4 is 4.74 Å². The smallest absolute Gasteiger partial charge is 0.416 e. The van der Waals surface area contributed by atoms with Gasteiger partial charge in [-0.05, 0) is 30.7 Å². The van der Waals surface area contributed by atoms with E-state index >= 15 is 0 Å². The minimum Gasteiger partial charge on any atom is -0.473 e. The summed E-state index contributed by atoms with van der Waals surface area (Å²) in [4.78, 5) is 3.28. The molecular weight excluding hydrogens is 395 g/mol. The fourth-order valence-corrected chi connectivity index (χ4v) is 4.12. The highest BCUT2D eigenvalue weighted by Gasteiger charge is 2.35. The Morgan fingerprint density at radius 2 is 1.85 bits per heavy atom. The number of hydrogen-bond acceptors (Lipinski definition) is 4. The minimum atomic E-state index is -4.56. The Balaban J connectivity index is 1.72. The second-order valence-corrected chi connectivity index (χ2v) is 7.79. The number of alkyl halides is 3. The molecule has 3 rings (SSSR count). The Labute approximate surface area is 151 Å². The molecule has 0 N–H and O–H groups in total. The molecule has 1 unspecified atom stereocenters. The molecule has 11 heteroatoms. The maximum Gasteiger partial charge on any atom is 0.416 e. The van der Waals surface area contributed by atoms with Crippen LogP contribution in [0.3, 0.4) is 0 Å². The van der Waals surface area contributed by atoms with Gasteiger partial charge in [0, 0.05) is 18.8 Å². The number of rotatable bonds is 4. The van der Waals surface area contributed by atoms with Crippen LogP contribution in [-0.2, 0) is 16.2 Å². The number of aromatic nitrogens is 1. The molecule has 1 atom stereocenters. The third-order valence-corrected chi connectivity index (χ3v) is 5.85. The summed E-state index contributed by atoms with van der Waals surface area (Å²) >= 11 is 0. The molecule has 0 spiro atoms. The van der Waals surface area contributed by atoms with Gasteiger partial charge in [-0.15, -0.1) is 0 Å². The summed E-state index contributed by atoms with van der Waals surface area (Å²) in [6.07, 6.45) is -4.12. The number of benzene rings is 1. The van der Waals surface area contributed by atoms with E-state index in [1.807, 2.05) is 0 Å². The van der Waals surface area contributed by atoms with E-state index < -0.39 is 44.4 Å². The zero-order valence-electron chi connectivity index (χ0n) is 13.6. The van der Waals surface area contributed by atoms with Crippen LogP contribution in [-0.4, -0.2) is 36.9 Å². The monoisotopic (exact) mass is 408 g/mol. The van der Waals surface area contributed by atoms with Crippen LogP contribution in [0.25, 0.3) is 0 Å². The Hall–Kier alpha value is -2.27. The summed E-state index contributed by atoms with van der Waals surface area (Å²) in [5.41, 5.74) is -0.934. The summed E-state index contributed by atoms with van der Waals surface area (Å²) in [6, 6.07) is 3.75. The van der Waals surface area contributed by atoms with Gasteiger partial charge < -0.3 is 4.74 Å². The van der Waals surface area contributed by atoms with Crippen LogP contribution in [0, 0.1) is 11.6 Å². The molecule has 2 heterocycles. The first-order valence-corrected chi connectivity index (χ1v) is 9.16. The first-order valence-electron chi connectivity index (χ1n) is 7.72. The third kappa shape index (κ3) is 4.19. The third-order valence-electron chi connectivity index (χ3n) is 3.99. The quantitative estimate of drug-likeness (QED) is 0.729. The summed E-state index contributed by atoms with van der Waals surface area (Å²) in [7, 11) is -4.09. The van der Waals surface area contributed by atoms with E-state index in [0.717, 1.165) is 28.7 Å². The fraction of sp³-hybridized carbons (Fsp3) is 0.312. The topological polar surface area (TPSA) is 59.5 Å². The van der Waals surface area contributed by atoms with Gasteiger partial charge in [0.2, 0.25) is 15.9 Å². The number of halogens is 5. The van der Waals surface area contributed by atoms with Gasteiger partial charge in [-0.1, -0.05) is 0 Å². The van der Waals surface area contributed by atoms with Crippen LogP contribution in [0.2, 0.25) is 0 Å². The van der Waals surface area contributed by atoms with Gasteiger partial charge in [0.15, 0.2) is 11.6 Å². The molecule has 1 aliphatic rings. The number of ether oxygens (including phenoxy) is 1. The molecule has 1 saturated heterocycles. The zero-order valence-corrected chi connectivity index (χ0v) is 14.4. The number of sulfonamides is 1. The van der Waals surface area contributed by atoms with Gasteiger partial charge in [0.1, 0.15) is 6.10 Å². The Morgan fingerprint density at radius 1 is 1.11 bits per heavy atom. The SMILES string of the molecule is O=S(=O)(c1ccc(F)c(F)c1)N1CCC(Oc2cc(C(F)(F)F)ccn2)C1. The van der Waals surface area contributed by atoms with Crippen LogP contribution in [0.4, 0.5) is 22.0 Å². The van der Waals surface area contributed by atoms with Crippen LogP contribution in [0.15, 0.2) is 41.4 Å². The first-order chi connectivity index (χ1) is 12.6. The van der Waals surface area contributed by atoms with Crippen LogP contribution >= 0.6 is 0 Å². The molecule has 1 aromatic carbocycles. The summed E-state index contributed by atoms with van der Waals surface area (Å²) in [5, 5.41) is 0. The number of hydrogen-bond donors (Lipinski definition) is 0. The lowest BCUT2D eigenvalue weighted by molar-refractivity contribution is -0.137. The van der Waals surface area contributed by atoms with Crippen molar-refractivity contribution >= 4 is 10.0 Å². The molecule has 0 saturated carbocycles. The van der Waals surface area contributed by atoms with Gasteiger partial charge in [-0.25, -0.2) is 22.2 Å². The Morgan fingerprint density at radius 3 is 2.52 bits per heavy atom. The van der Waals surface area contributed by atoms with E-state index in [9.17, 15) is 30.4 Å². The predicted octanol–water partition coefficient (Wildman–Crippen LogP) is 3.22. The first kappa shape index (κ1) is 19.5. The standard InChI is InChI=1S/C16H13F5N2O3S/c17-13-2-1-12(8-14(13)18)27(24,25)23-6-4-11(9-23)26-15-7-10(3-5-22-15)16(19,20)21/h1-3,5,7-8,11H,4,6,9H2. The van der Waals surface area contributed by atoms with Gasteiger partial charge in [0.05, 0.1) is 17.0 Å². The van der Waals surface area contributed by atoms with E-state index in [4.69, 9.17) is 4.74 Å². The average molecular weight is 408 g/mol. The zero-order chi connectivity index (χ0) is 19.8. The highest BCUT2D eigenvalue weighted by atomic mass is 32.2. The lowest BCUT2D eigenvalue weighted by Gasteiger charge is -2.17. The minimum absolute atomic E-state index is 0.0188. The summed E-state index contributed by atoms with van der Waals surface area (Å²) in [5.74, 6) is -2.75. The lowest BCUT2D eigenvalue weighted by Crippen LogP contribution is -2.31. The molecule has 27 heavy (non-hydrogen) atoms. The van der Waals surface area contributed by atoms with Crippen molar-refractivity contribution in [2.75, 3.05) is 13.1 Å². The maximum absolute atomic E-state index is 13.3. The highest BCUT2D eigenvalue weighted by molar-refractivity contribution is 7.89. The molecule has 2 aromatic rings. The molecule has 1 aliphatic heterocycles. The molecule has 1 aromatic heterocycles. The van der Waals surface area contributed by atoms with Gasteiger partial charge in [-0.3, -0.25) is 0 Å². The van der Waals surface area contributed by atoms with Crippen molar-refractivity contribution in [2.24, 2.45) is 0 Å². The largest absolute Gasteiger partial charge is 0.473 e. The molecule has 1 fully saturated rings. The van der Waals surface area contributed by atoms with Gasteiger partial charge in [0.25, 0.3) is 0 Å². The molecule has 0 bridgehead atoms. The fourth-order valence-electron chi connectivity index (χ4n) is 2.62. The van der Waals surface area contributed by atoms with Crippen molar-refractivity contribution in [3.8, 4) is 5.88 Å². The van der Waals surface area contributed by atoms with Crippen LogP contribution in [0.1, 0.15) is 12.0 Å². The van der Waals surface area contributed by atoms with E-state index in [2.05, 4.69) is 4.98 Å². The van der Waals surface area contributed by atoms with Crippen molar-refractivity contribution < 1.29 is 35.1 Å². The Bertz CT molecular complexity index is 949. The predicted molar refractivity (Wildman–Crippen MR) is 83.4 cm³/mol. The van der Waals surface area contributed by atoms with Crippen molar-refractivity contribution in [3.63, 3.8) is 0 Å². The van der Waals surface area contributed by atoms with Crippen LogP contribution in [0.5, 0.6) is 5.88 Å². The molecule has 0 aliphatic carbocycles. The number of nitrogens with zero attached hydrogens (tertiary/aromatic N) is 2. The average Bonchev–Trinajstić information content (AvgIpc) is 3.06. The van der Waals surface area contributed by atoms with Gasteiger partial charge in [-0.2, -0.15) is 17.5 Å². The van der Waals surface area contributed by atoms with E-state index in [1.165, 1.54) is 0 Å².